The Bertz CT molecular complexity index is 821. The van der Waals surface area contributed by atoms with Crippen molar-refractivity contribution in [2.75, 3.05) is 0 Å². The molecule has 2 aromatic carbocycles. The zero-order valence-electron chi connectivity index (χ0n) is 10.7. The van der Waals surface area contributed by atoms with Crippen LogP contribution in [0, 0.1) is 5.82 Å². The predicted molar refractivity (Wildman–Crippen MR) is 72.6 cm³/mol. The number of ether oxygens (including phenoxy) is 1. The van der Waals surface area contributed by atoms with E-state index in [0.717, 1.165) is 5.39 Å². The second-order valence-corrected chi connectivity index (χ2v) is 4.90. The van der Waals surface area contributed by atoms with Gasteiger partial charge in [-0.1, -0.05) is 11.6 Å². The minimum Gasteiger partial charge on any atom is -0.453 e. The maximum atomic E-state index is 13.9. The molecule has 0 aliphatic heterocycles. The Hall–Kier alpha value is -2.28. The number of nitrogens with zero attached hydrogens (tertiary/aromatic N) is 1. The van der Waals surface area contributed by atoms with Crippen LogP contribution in [0.1, 0.15) is 5.56 Å². The molecule has 114 valence electrons. The highest BCUT2D eigenvalue weighted by Gasteiger charge is 2.32. The maximum absolute atomic E-state index is 13.9. The first-order chi connectivity index (χ1) is 10.3. The van der Waals surface area contributed by atoms with Crippen molar-refractivity contribution in [1.82, 2.24) is 10.2 Å². The average molecular weight is 331 g/mol. The molecule has 3 nitrogen and oxygen atoms in total. The van der Waals surface area contributed by atoms with Crippen molar-refractivity contribution in [2.45, 2.75) is 6.18 Å². The van der Waals surface area contributed by atoms with Crippen molar-refractivity contribution < 1.29 is 22.3 Å². The molecule has 0 fully saturated rings. The van der Waals surface area contributed by atoms with Gasteiger partial charge in [0.05, 0.1) is 22.3 Å². The van der Waals surface area contributed by atoms with Gasteiger partial charge in [0, 0.05) is 11.5 Å². The third kappa shape index (κ3) is 2.71. The Morgan fingerprint density at radius 2 is 1.91 bits per heavy atom. The fourth-order valence-electron chi connectivity index (χ4n) is 1.92. The van der Waals surface area contributed by atoms with Crippen LogP contribution in [0.25, 0.3) is 10.9 Å². The largest absolute Gasteiger partial charge is 0.453 e. The first-order valence-corrected chi connectivity index (χ1v) is 6.39. The van der Waals surface area contributed by atoms with Gasteiger partial charge in [-0.2, -0.15) is 18.3 Å². The number of hydrogen-bond donors (Lipinski definition) is 1. The zero-order chi connectivity index (χ0) is 15.9. The summed E-state index contributed by atoms with van der Waals surface area (Å²) in [4.78, 5) is 0. The van der Waals surface area contributed by atoms with Crippen LogP contribution in [0.3, 0.4) is 0 Å². The van der Waals surface area contributed by atoms with Crippen molar-refractivity contribution in [2.24, 2.45) is 0 Å². The van der Waals surface area contributed by atoms with Crippen molar-refractivity contribution in [3.63, 3.8) is 0 Å². The molecule has 0 aliphatic carbocycles. The van der Waals surface area contributed by atoms with Gasteiger partial charge >= 0.3 is 6.18 Å². The summed E-state index contributed by atoms with van der Waals surface area (Å²) in [5.74, 6) is -1.43. The SMILES string of the molecule is Fc1cc(C(F)(F)F)cc(Cl)c1Oc1ccc2cn[nH]c2c1. The Balaban J connectivity index is 1.98. The minimum absolute atomic E-state index is 0.220. The molecule has 0 radical (unpaired) electrons. The molecule has 1 heterocycles. The fraction of sp³-hybridized carbons (Fsp3) is 0.0714. The summed E-state index contributed by atoms with van der Waals surface area (Å²) in [5, 5.41) is 6.87. The number of nitrogens with one attached hydrogen (secondary N) is 1. The second-order valence-electron chi connectivity index (χ2n) is 4.49. The van der Waals surface area contributed by atoms with Crippen LogP contribution in [0.2, 0.25) is 5.02 Å². The molecule has 3 rings (SSSR count). The molecule has 1 N–H and O–H groups in total. The van der Waals surface area contributed by atoms with Gasteiger partial charge < -0.3 is 4.74 Å². The van der Waals surface area contributed by atoms with E-state index in [9.17, 15) is 17.6 Å². The number of rotatable bonds is 2. The highest BCUT2D eigenvalue weighted by atomic mass is 35.5. The van der Waals surface area contributed by atoms with Crippen LogP contribution in [0.5, 0.6) is 11.5 Å². The normalized spacial score (nSPS) is 11.9. The third-order valence-corrected chi connectivity index (χ3v) is 3.24. The zero-order valence-corrected chi connectivity index (χ0v) is 11.5. The van der Waals surface area contributed by atoms with Gasteiger partial charge in [-0.15, -0.1) is 0 Å². The monoisotopic (exact) mass is 330 g/mol. The van der Waals surface area contributed by atoms with Crippen LogP contribution >= 0.6 is 11.6 Å². The van der Waals surface area contributed by atoms with Gasteiger partial charge in [0.1, 0.15) is 5.75 Å². The molecule has 8 heteroatoms. The highest BCUT2D eigenvalue weighted by molar-refractivity contribution is 6.32. The van der Waals surface area contributed by atoms with Gasteiger partial charge in [-0.25, -0.2) is 4.39 Å². The first kappa shape index (κ1) is 14.6. The van der Waals surface area contributed by atoms with Crippen molar-refractivity contribution in [1.29, 1.82) is 0 Å². The smallest absolute Gasteiger partial charge is 0.416 e. The van der Waals surface area contributed by atoms with E-state index < -0.39 is 28.3 Å². The van der Waals surface area contributed by atoms with Crippen LogP contribution in [-0.4, -0.2) is 10.2 Å². The Kier molecular flexibility index (Phi) is 3.44. The molecule has 0 unspecified atom stereocenters. The summed E-state index contributed by atoms with van der Waals surface area (Å²) in [7, 11) is 0. The van der Waals surface area contributed by atoms with E-state index in [1.54, 1.807) is 12.3 Å². The first-order valence-electron chi connectivity index (χ1n) is 6.02. The number of H-pyrrole nitrogens is 1. The molecule has 0 saturated heterocycles. The number of hydrogen-bond acceptors (Lipinski definition) is 2. The van der Waals surface area contributed by atoms with Crippen molar-refractivity contribution in [3.8, 4) is 11.5 Å². The Labute approximate surface area is 126 Å². The minimum atomic E-state index is -4.68. The summed E-state index contributed by atoms with van der Waals surface area (Å²) in [6.07, 6.45) is -3.09. The van der Waals surface area contributed by atoms with E-state index in [4.69, 9.17) is 16.3 Å². The van der Waals surface area contributed by atoms with E-state index >= 15 is 0 Å². The number of alkyl halides is 3. The third-order valence-electron chi connectivity index (χ3n) is 2.96. The predicted octanol–water partition coefficient (Wildman–Crippen LogP) is 5.17. The molecular formula is C14H7ClF4N2O. The number of fused-ring (bicyclic) bond motifs is 1. The van der Waals surface area contributed by atoms with Gasteiger partial charge in [0.2, 0.25) is 0 Å². The van der Waals surface area contributed by atoms with Crippen LogP contribution < -0.4 is 4.74 Å². The topological polar surface area (TPSA) is 37.9 Å². The van der Waals surface area contributed by atoms with Gasteiger partial charge in [0.25, 0.3) is 0 Å². The number of halogens is 5. The van der Waals surface area contributed by atoms with Crippen LogP contribution in [-0.2, 0) is 6.18 Å². The second kappa shape index (κ2) is 5.17. The molecule has 22 heavy (non-hydrogen) atoms. The lowest BCUT2D eigenvalue weighted by molar-refractivity contribution is -0.137. The average Bonchev–Trinajstić information content (AvgIpc) is 2.89. The lowest BCUT2D eigenvalue weighted by Gasteiger charge is -2.12. The molecule has 0 atom stereocenters. The molecule has 1 aromatic heterocycles. The fourth-order valence-corrected chi connectivity index (χ4v) is 2.16. The number of aromatic nitrogens is 2. The lowest BCUT2D eigenvalue weighted by Crippen LogP contribution is -2.06. The van der Waals surface area contributed by atoms with E-state index in [-0.39, 0.29) is 5.75 Å². The van der Waals surface area contributed by atoms with E-state index in [2.05, 4.69) is 10.2 Å². The van der Waals surface area contributed by atoms with E-state index in [1.807, 2.05) is 0 Å². The summed E-state index contributed by atoms with van der Waals surface area (Å²) < 4.78 is 56.8. The molecule has 0 spiro atoms. The van der Waals surface area contributed by atoms with Crippen molar-refractivity contribution >= 4 is 22.5 Å². The summed E-state index contributed by atoms with van der Waals surface area (Å²) in [6.45, 7) is 0. The summed E-state index contributed by atoms with van der Waals surface area (Å²) in [6, 6.07) is 5.70. The van der Waals surface area contributed by atoms with Crippen LogP contribution in [0.4, 0.5) is 17.6 Å². The molecule has 3 aromatic rings. The molecule has 0 amide bonds. The van der Waals surface area contributed by atoms with E-state index in [0.29, 0.717) is 17.6 Å². The Morgan fingerprint density at radius 1 is 1.14 bits per heavy atom. The van der Waals surface area contributed by atoms with Crippen molar-refractivity contribution in [3.05, 3.63) is 52.9 Å². The summed E-state index contributed by atoms with van der Waals surface area (Å²) in [5.41, 5.74) is -0.535. The van der Waals surface area contributed by atoms with Gasteiger partial charge in [0.15, 0.2) is 11.6 Å². The lowest BCUT2D eigenvalue weighted by atomic mass is 10.2. The molecule has 0 saturated carbocycles. The quantitative estimate of drug-likeness (QED) is 0.658. The molecule has 0 aliphatic rings. The summed E-state index contributed by atoms with van der Waals surface area (Å²) >= 11 is 5.70. The maximum Gasteiger partial charge on any atom is 0.416 e. The van der Waals surface area contributed by atoms with E-state index in [1.165, 1.54) is 12.1 Å². The molecule has 0 bridgehead atoms. The number of aromatic amines is 1. The highest BCUT2D eigenvalue weighted by Crippen LogP contribution is 2.38. The van der Waals surface area contributed by atoms with Gasteiger partial charge in [-0.05, 0) is 24.3 Å². The number of benzene rings is 2. The van der Waals surface area contributed by atoms with Gasteiger partial charge in [-0.3, -0.25) is 5.10 Å². The van der Waals surface area contributed by atoms with Crippen LogP contribution in [0.15, 0.2) is 36.5 Å². The molecular weight excluding hydrogens is 324 g/mol. The Morgan fingerprint density at radius 3 is 2.59 bits per heavy atom. The standard InChI is InChI=1S/C14H7ClF4N2O/c15-10-3-8(14(17,18)19)4-11(16)13(10)22-9-2-1-7-6-20-21-12(7)5-9/h1-6H,(H,20,21).